The van der Waals surface area contributed by atoms with Gasteiger partial charge in [0.25, 0.3) is 0 Å². The minimum absolute atomic E-state index is 0.0740. The second-order valence-electron chi connectivity index (χ2n) is 2.84. The molecule has 0 bridgehead atoms. The van der Waals surface area contributed by atoms with Gasteiger partial charge in [0.05, 0.1) is 6.04 Å². The van der Waals surface area contributed by atoms with Gasteiger partial charge in [0, 0.05) is 18.3 Å². The SMILES string of the molecule is CCC(NC=O)C1=NC=CC=CC1. The molecule has 0 aromatic heterocycles. The summed E-state index contributed by atoms with van der Waals surface area (Å²) in [5.74, 6) is 0. The van der Waals surface area contributed by atoms with E-state index in [0.29, 0.717) is 0 Å². The van der Waals surface area contributed by atoms with Crippen molar-refractivity contribution in [3.05, 3.63) is 24.4 Å². The summed E-state index contributed by atoms with van der Waals surface area (Å²) in [5, 5.41) is 2.75. The van der Waals surface area contributed by atoms with Crippen LogP contribution in [0.5, 0.6) is 0 Å². The Bertz CT molecular complexity index is 254. The summed E-state index contributed by atoms with van der Waals surface area (Å²) in [6.45, 7) is 2.03. The van der Waals surface area contributed by atoms with Crippen LogP contribution < -0.4 is 5.32 Å². The van der Waals surface area contributed by atoms with Gasteiger partial charge in [-0.15, -0.1) is 0 Å². The number of aliphatic imine (C=N–C) groups is 1. The number of hydrogen-bond acceptors (Lipinski definition) is 2. The Morgan fingerprint density at radius 2 is 2.54 bits per heavy atom. The van der Waals surface area contributed by atoms with Gasteiger partial charge >= 0.3 is 0 Å². The van der Waals surface area contributed by atoms with Gasteiger partial charge in [-0.2, -0.15) is 0 Å². The maximum atomic E-state index is 10.3. The predicted octanol–water partition coefficient (Wildman–Crippen LogP) is 1.43. The molecule has 0 spiro atoms. The number of allylic oxidation sites excluding steroid dienone is 3. The van der Waals surface area contributed by atoms with E-state index in [2.05, 4.69) is 10.3 Å². The molecule has 0 radical (unpaired) electrons. The van der Waals surface area contributed by atoms with Crippen molar-refractivity contribution in [2.24, 2.45) is 4.99 Å². The monoisotopic (exact) mass is 178 g/mol. The average Bonchev–Trinajstić information content (AvgIpc) is 2.42. The van der Waals surface area contributed by atoms with E-state index in [1.807, 2.05) is 25.2 Å². The normalized spacial score (nSPS) is 17.5. The molecule has 13 heavy (non-hydrogen) atoms. The van der Waals surface area contributed by atoms with E-state index < -0.39 is 0 Å². The highest BCUT2D eigenvalue weighted by molar-refractivity contribution is 5.92. The maximum absolute atomic E-state index is 10.3. The summed E-state index contributed by atoms with van der Waals surface area (Å²) in [4.78, 5) is 14.6. The molecule has 1 amide bonds. The van der Waals surface area contributed by atoms with Gasteiger partial charge < -0.3 is 5.32 Å². The number of amides is 1. The van der Waals surface area contributed by atoms with Crippen LogP contribution in [0, 0.1) is 0 Å². The average molecular weight is 178 g/mol. The molecule has 0 fully saturated rings. The van der Waals surface area contributed by atoms with E-state index in [0.717, 1.165) is 25.0 Å². The van der Waals surface area contributed by atoms with Crippen LogP contribution >= 0.6 is 0 Å². The molecule has 70 valence electrons. The summed E-state index contributed by atoms with van der Waals surface area (Å²) >= 11 is 0. The molecule has 1 aliphatic heterocycles. The summed E-state index contributed by atoms with van der Waals surface area (Å²) in [7, 11) is 0. The van der Waals surface area contributed by atoms with Crippen LogP contribution in [0.2, 0.25) is 0 Å². The first-order valence-electron chi connectivity index (χ1n) is 4.46. The number of rotatable bonds is 4. The Morgan fingerprint density at radius 3 is 3.23 bits per heavy atom. The minimum Gasteiger partial charge on any atom is -0.351 e. The Balaban J connectivity index is 2.66. The highest BCUT2D eigenvalue weighted by atomic mass is 16.1. The molecular weight excluding hydrogens is 164 g/mol. The van der Waals surface area contributed by atoms with Crippen LogP contribution in [-0.2, 0) is 4.79 Å². The van der Waals surface area contributed by atoms with Gasteiger partial charge in [-0.1, -0.05) is 19.1 Å². The van der Waals surface area contributed by atoms with Gasteiger partial charge in [0.1, 0.15) is 0 Å². The Morgan fingerprint density at radius 1 is 1.69 bits per heavy atom. The van der Waals surface area contributed by atoms with Crippen molar-refractivity contribution in [3.8, 4) is 0 Å². The fraction of sp³-hybridized carbons (Fsp3) is 0.400. The fourth-order valence-corrected chi connectivity index (χ4v) is 1.27. The lowest BCUT2D eigenvalue weighted by molar-refractivity contribution is -0.109. The largest absolute Gasteiger partial charge is 0.351 e. The van der Waals surface area contributed by atoms with E-state index in [-0.39, 0.29) is 6.04 Å². The van der Waals surface area contributed by atoms with Gasteiger partial charge in [-0.3, -0.25) is 9.79 Å². The first-order chi connectivity index (χ1) is 6.38. The van der Waals surface area contributed by atoms with Crippen LogP contribution in [0.25, 0.3) is 0 Å². The number of hydrogen-bond donors (Lipinski definition) is 1. The van der Waals surface area contributed by atoms with Crippen molar-refractivity contribution in [1.82, 2.24) is 5.32 Å². The first kappa shape index (κ1) is 9.71. The van der Waals surface area contributed by atoms with E-state index in [1.54, 1.807) is 6.20 Å². The molecule has 3 nitrogen and oxygen atoms in total. The third-order valence-corrected chi connectivity index (χ3v) is 1.98. The topological polar surface area (TPSA) is 41.5 Å². The molecule has 1 unspecified atom stereocenters. The Hall–Kier alpha value is -1.38. The van der Waals surface area contributed by atoms with Crippen molar-refractivity contribution in [3.63, 3.8) is 0 Å². The predicted molar refractivity (Wildman–Crippen MR) is 53.6 cm³/mol. The molecule has 0 saturated heterocycles. The van der Waals surface area contributed by atoms with Crippen molar-refractivity contribution in [2.45, 2.75) is 25.8 Å². The highest BCUT2D eigenvalue weighted by Crippen LogP contribution is 2.04. The van der Waals surface area contributed by atoms with Gasteiger partial charge in [0.2, 0.25) is 6.41 Å². The zero-order chi connectivity index (χ0) is 9.52. The van der Waals surface area contributed by atoms with Crippen LogP contribution in [0.4, 0.5) is 0 Å². The summed E-state index contributed by atoms with van der Waals surface area (Å²) in [6.07, 6.45) is 10.1. The summed E-state index contributed by atoms with van der Waals surface area (Å²) in [5.41, 5.74) is 1.01. The van der Waals surface area contributed by atoms with E-state index >= 15 is 0 Å². The maximum Gasteiger partial charge on any atom is 0.207 e. The van der Waals surface area contributed by atoms with Crippen LogP contribution in [-0.4, -0.2) is 18.2 Å². The van der Waals surface area contributed by atoms with E-state index in [9.17, 15) is 4.79 Å². The quantitative estimate of drug-likeness (QED) is 0.650. The zero-order valence-corrected chi connectivity index (χ0v) is 7.73. The molecule has 1 rings (SSSR count). The summed E-state index contributed by atoms with van der Waals surface area (Å²) < 4.78 is 0. The van der Waals surface area contributed by atoms with E-state index in [1.165, 1.54) is 0 Å². The lowest BCUT2D eigenvalue weighted by atomic mass is 10.1. The standard InChI is InChI=1S/C10H14N2O/c1-2-9(12-8-13)10-6-4-3-5-7-11-10/h3-5,7-9H,2,6H2,1H3,(H,12,13). The van der Waals surface area contributed by atoms with Crippen molar-refractivity contribution in [2.75, 3.05) is 0 Å². The lowest BCUT2D eigenvalue weighted by Crippen LogP contribution is -2.34. The highest BCUT2D eigenvalue weighted by Gasteiger charge is 2.11. The van der Waals surface area contributed by atoms with Gasteiger partial charge in [0.15, 0.2) is 0 Å². The van der Waals surface area contributed by atoms with Crippen LogP contribution in [0.3, 0.4) is 0 Å². The molecule has 1 atom stereocenters. The third-order valence-electron chi connectivity index (χ3n) is 1.98. The zero-order valence-electron chi connectivity index (χ0n) is 7.73. The molecule has 1 N–H and O–H groups in total. The molecule has 1 aliphatic rings. The third kappa shape index (κ3) is 2.86. The molecule has 0 saturated carbocycles. The minimum atomic E-state index is 0.0740. The molecule has 0 aromatic carbocycles. The lowest BCUT2D eigenvalue weighted by Gasteiger charge is -2.14. The fourth-order valence-electron chi connectivity index (χ4n) is 1.27. The Labute approximate surface area is 78.2 Å². The Kier molecular flexibility index (Phi) is 3.96. The van der Waals surface area contributed by atoms with Gasteiger partial charge in [-0.25, -0.2) is 0 Å². The van der Waals surface area contributed by atoms with Crippen molar-refractivity contribution >= 4 is 12.1 Å². The molecule has 1 heterocycles. The van der Waals surface area contributed by atoms with Gasteiger partial charge in [-0.05, 0) is 12.5 Å². The first-order valence-corrected chi connectivity index (χ1v) is 4.46. The van der Waals surface area contributed by atoms with Crippen LogP contribution in [0.15, 0.2) is 29.4 Å². The van der Waals surface area contributed by atoms with Crippen LogP contribution in [0.1, 0.15) is 19.8 Å². The summed E-state index contributed by atoms with van der Waals surface area (Å²) in [6, 6.07) is 0.0740. The molecule has 0 aliphatic carbocycles. The second kappa shape index (κ2) is 5.30. The molecule has 0 aromatic rings. The molecule has 3 heteroatoms. The molecular formula is C10H14N2O. The number of nitrogens with zero attached hydrogens (tertiary/aromatic N) is 1. The number of nitrogens with one attached hydrogen (secondary N) is 1. The second-order valence-corrected chi connectivity index (χ2v) is 2.84. The van der Waals surface area contributed by atoms with E-state index in [4.69, 9.17) is 0 Å². The smallest absolute Gasteiger partial charge is 0.207 e. The van der Waals surface area contributed by atoms with Crippen molar-refractivity contribution in [1.29, 1.82) is 0 Å². The number of carbonyl (C=O) groups excluding carboxylic acids is 1. The number of carbonyl (C=O) groups is 1. The van der Waals surface area contributed by atoms with Crippen molar-refractivity contribution < 1.29 is 4.79 Å².